The van der Waals surface area contributed by atoms with Crippen LogP contribution in [0.5, 0.6) is 5.75 Å². The lowest BCUT2D eigenvalue weighted by Gasteiger charge is -2.18. The van der Waals surface area contributed by atoms with Gasteiger partial charge in [0.15, 0.2) is 11.3 Å². The van der Waals surface area contributed by atoms with Gasteiger partial charge in [0.25, 0.3) is 0 Å². The highest BCUT2D eigenvalue weighted by molar-refractivity contribution is 5.85. The molecule has 2 atom stereocenters. The number of nitrogens with two attached hydrogens (primary N) is 1. The van der Waals surface area contributed by atoms with Gasteiger partial charge in [0.2, 0.25) is 5.95 Å². The minimum absolute atomic E-state index is 0.254. The van der Waals surface area contributed by atoms with E-state index in [2.05, 4.69) is 50.6 Å². The van der Waals surface area contributed by atoms with Crippen LogP contribution in [0.2, 0.25) is 0 Å². The quantitative estimate of drug-likeness (QED) is 0.427. The highest BCUT2D eigenvalue weighted by Gasteiger charge is 2.35. The standard InChI is InChI=1S/C24H34N8O/c1-3-4-7-27-23-22-20(28-24(25)29-23)15-32(30-22)14-17-6-5-16(8-21(17)33-2)11-31-12-18-9-26-10-19(18)13-31/h5-6,8,15,18-19,26H,3-4,7,9-14H2,1-2H3,(H3,25,27,28,29). The highest BCUT2D eigenvalue weighted by atomic mass is 16.5. The van der Waals surface area contributed by atoms with E-state index in [4.69, 9.17) is 15.6 Å². The van der Waals surface area contributed by atoms with Gasteiger partial charge in [0, 0.05) is 31.7 Å². The van der Waals surface area contributed by atoms with Crippen molar-refractivity contribution >= 4 is 22.8 Å². The Morgan fingerprint density at radius 1 is 1.18 bits per heavy atom. The van der Waals surface area contributed by atoms with Crippen LogP contribution < -0.4 is 21.1 Å². The van der Waals surface area contributed by atoms with Crippen LogP contribution in [0, 0.1) is 11.8 Å². The number of hydrogen-bond acceptors (Lipinski definition) is 8. The van der Waals surface area contributed by atoms with E-state index in [0.717, 1.165) is 73.2 Å². The molecule has 2 unspecified atom stereocenters. The molecule has 0 aliphatic carbocycles. The van der Waals surface area contributed by atoms with Crippen LogP contribution in [-0.2, 0) is 13.1 Å². The Balaban J connectivity index is 1.31. The van der Waals surface area contributed by atoms with Gasteiger partial charge >= 0.3 is 0 Å². The summed E-state index contributed by atoms with van der Waals surface area (Å²) in [4.78, 5) is 11.3. The summed E-state index contributed by atoms with van der Waals surface area (Å²) in [5.41, 5.74) is 9.77. The number of methoxy groups -OCH3 is 1. The molecule has 0 amide bonds. The van der Waals surface area contributed by atoms with E-state index in [9.17, 15) is 0 Å². The van der Waals surface area contributed by atoms with Crippen LogP contribution in [-0.4, -0.2) is 64.5 Å². The Bertz CT molecular complexity index is 1100. The van der Waals surface area contributed by atoms with Crippen molar-refractivity contribution in [2.75, 3.05) is 50.9 Å². The first kappa shape index (κ1) is 21.9. The van der Waals surface area contributed by atoms with Gasteiger partial charge < -0.3 is 21.1 Å². The summed E-state index contributed by atoms with van der Waals surface area (Å²) in [7, 11) is 1.73. The number of unbranched alkanes of at least 4 members (excludes halogenated alkanes) is 1. The average Bonchev–Trinajstić information content (AvgIpc) is 3.49. The van der Waals surface area contributed by atoms with Crippen molar-refractivity contribution < 1.29 is 4.74 Å². The van der Waals surface area contributed by atoms with Gasteiger partial charge in [-0.2, -0.15) is 10.1 Å². The average molecular weight is 451 g/mol. The normalized spacial score (nSPS) is 20.4. The summed E-state index contributed by atoms with van der Waals surface area (Å²) in [5, 5.41) is 11.6. The number of nitrogens with zero attached hydrogens (tertiary/aromatic N) is 5. The molecule has 176 valence electrons. The van der Waals surface area contributed by atoms with Gasteiger partial charge in [-0.25, -0.2) is 4.98 Å². The molecule has 2 aromatic heterocycles. The summed E-state index contributed by atoms with van der Waals surface area (Å²) in [6.07, 6.45) is 4.09. The van der Waals surface area contributed by atoms with Gasteiger partial charge in [0.05, 0.1) is 19.9 Å². The monoisotopic (exact) mass is 450 g/mol. The molecule has 5 rings (SSSR count). The zero-order valence-electron chi connectivity index (χ0n) is 19.5. The number of nitrogen functional groups attached to an aromatic ring is 1. The van der Waals surface area contributed by atoms with Crippen LogP contribution in [0.3, 0.4) is 0 Å². The number of rotatable bonds is 9. The summed E-state index contributed by atoms with van der Waals surface area (Å²) in [6, 6.07) is 6.53. The molecule has 4 N–H and O–H groups in total. The van der Waals surface area contributed by atoms with Gasteiger partial charge in [-0.1, -0.05) is 25.5 Å². The molecule has 2 saturated heterocycles. The van der Waals surface area contributed by atoms with E-state index in [1.54, 1.807) is 7.11 Å². The smallest absolute Gasteiger partial charge is 0.222 e. The van der Waals surface area contributed by atoms with Crippen molar-refractivity contribution in [1.82, 2.24) is 30.0 Å². The van der Waals surface area contributed by atoms with Crippen LogP contribution in [0.4, 0.5) is 11.8 Å². The Kier molecular flexibility index (Phi) is 6.32. The van der Waals surface area contributed by atoms with Crippen LogP contribution in [0.15, 0.2) is 24.4 Å². The maximum Gasteiger partial charge on any atom is 0.222 e. The third-order valence-electron chi connectivity index (χ3n) is 6.81. The highest BCUT2D eigenvalue weighted by Crippen LogP contribution is 2.29. The Labute approximate surface area is 194 Å². The first-order chi connectivity index (χ1) is 16.1. The lowest BCUT2D eigenvalue weighted by molar-refractivity contribution is 0.305. The van der Waals surface area contributed by atoms with Crippen molar-refractivity contribution in [3.63, 3.8) is 0 Å². The summed E-state index contributed by atoms with van der Waals surface area (Å²) >= 11 is 0. The predicted octanol–water partition coefficient (Wildman–Crippen LogP) is 2.33. The fraction of sp³-hybridized carbons (Fsp3) is 0.542. The zero-order chi connectivity index (χ0) is 22.8. The van der Waals surface area contributed by atoms with E-state index < -0.39 is 0 Å². The van der Waals surface area contributed by atoms with Crippen molar-refractivity contribution in [2.24, 2.45) is 11.8 Å². The second-order valence-electron chi connectivity index (χ2n) is 9.29. The molecule has 0 spiro atoms. The van der Waals surface area contributed by atoms with E-state index in [1.807, 2.05) is 10.9 Å². The largest absolute Gasteiger partial charge is 0.496 e. The molecule has 0 bridgehead atoms. The number of benzene rings is 1. The number of fused-ring (bicyclic) bond motifs is 2. The number of aromatic nitrogens is 4. The molecule has 2 fully saturated rings. The Morgan fingerprint density at radius 2 is 2.00 bits per heavy atom. The van der Waals surface area contributed by atoms with Crippen LogP contribution in [0.25, 0.3) is 11.0 Å². The molecule has 3 aromatic rings. The maximum absolute atomic E-state index is 5.92. The number of ether oxygens (including phenoxy) is 1. The first-order valence-corrected chi connectivity index (χ1v) is 12.0. The lowest BCUT2D eigenvalue weighted by atomic mass is 10.0. The number of nitrogens with one attached hydrogen (secondary N) is 2. The Hall–Kier alpha value is -2.91. The number of anilines is 2. The predicted molar refractivity (Wildman–Crippen MR) is 130 cm³/mol. The molecule has 9 nitrogen and oxygen atoms in total. The van der Waals surface area contributed by atoms with E-state index in [1.165, 1.54) is 18.7 Å². The molecule has 0 saturated carbocycles. The van der Waals surface area contributed by atoms with Crippen molar-refractivity contribution in [3.05, 3.63) is 35.5 Å². The van der Waals surface area contributed by atoms with Gasteiger partial charge in [-0.05, 0) is 43.0 Å². The third-order valence-corrected chi connectivity index (χ3v) is 6.81. The van der Waals surface area contributed by atoms with Crippen LogP contribution >= 0.6 is 0 Å². The SMILES string of the molecule is CCCCNc1nc(N)nc2cn(Cc3ccc(CN4CC5CNCC5C4)cc3OC)nc12. The van der Waals surface area contributed by atoms with Crippen LogP contribution in [0.1, 0.15) is 30.9 Å². The molecule has 33 heavy (non-hydrogen) atoms. The molecule has 2 aliphatic rings. The zero-order valence-corrected chi connectivity index (χ0v) is 19.5. The second-order valence-corrected chi connectivity index (χ2v) is 9.29. The minimum Gasteiger partial charge on any atom is -0.496 e. The molecule has 4 heterocycles. The van der Waals surface area contributed by atoms with E-state index in [-0.39, 0.29) is 5.95 Å². The fourth-order valence-electron chi connectivity index (χ4n) is 5.10. The van der Waals surface area contributed by atoms with Crippen molar-refractivity contribution in [1.29, 1.82) is 0 Å². The summed E-state index contributed by atoms with van der Waals surface area (Å²) < 4.78 is 7.63. The van der Waals surface area contributed by atoms with Crippen molar-refractivity contribution in [2.45, 2.75) is 32.9 Å². The number of likely N-dealkylation sites (tertiary alicyclic amines) is 1. The molecule has 0 radical (unpaired) electrons. The molecule has 9 heteroatoms. The maximum atomic E-state index is 5.92. The number of hydrogen-bond donors (Lipinski definition) is 3. The van der Waals surface area contributed by atoms with Gasteiger partial charge in [-0.3, -0.25) is 9.58 Å². The lowest BCUT2D eigenvalue weighted by Crippen LogP contribution is -2.25. The summed E-state index contributed by atoms with van der Waals surface area (Å²) in [6.45, 7) is 9.23. The molecule has 1 aromatic carbocycles. The van der Waals surface area contributed by atoms with Gasteiger partial charge in [-0.15, -0.1) is 0 Å². The first-order valence-electron chi connectivity index (χ1n) is 12.0. The van der Waals surface area contributed by atoms with E-state index >= 15 is 0 Å². The topological polar surface area (TPSA) is 106 Å². The second kappa shape index (κ2) is 9.52. The third kappa shape index (κ3) is 4.74. The molecule has 2 aliphatic heterocycles. The van der Waals surface area contributed by atoms with Crippen molar-refractivity contribution in [3.8, 4) is 5.75 Å². The minimum atomic E-state index is 0.254. The van der Waals surface area contributed by atoms with Gasteiger partial charge in [0.1, 0.15) is 11.3 Å². The molecular weight excluding hydrogens is 416 g/mol. The fourth-order valence-corrected chi connectivity index (χ4v) is 5.10. The summed E-state index contributed by atoms with van der Waals surface area (Å²) in [5.74, 6) is 3.44. The molecular formula is C24H34N8O. The van der Waals surface area contributed by atoms with E-state index in [0.29, 0.717) is 12.4 Å². The Morgan fingerprint density at radius 3 is 2.76 bits per heavy atom.